The van der Waals surface area contributed by atoms with E-state index in [-0.39, 0.29) is 22.5 Å². The predicted octanol–water partition coefficient (Wildman–Crippen LogP) is -1.06. The van der Waals surface area contributed by atoms with E-state index in [1.165, 1.54) is 31.2 Å². The third kappa shape index (κ3) is 5.25. The third-order valence-corrected chi connectivity index (χ3v) is 7.39. The fraction of sp³-hybridized carbons (Fsp3) is 0.444. The molecule has 2 aliphatic rings. The lowest BCUT2D eigenvalue weighted by atomic mass is 9.89. The number of aromatic hydroxyl groups is 3. The van der Waals surface area contributed by atoms with Gasteiger partial charge in [-0.2, -0.15) is 0 Å². The van der Waals surface area contributed by atoms with Crippen LogP contribution in [0.2, 0.25) is 0 Å². The van der Waals surface area contributed by atoms with Crippen molar-refractivity contribution in [2.45, 2.75) is 68.1 Å². The van der Waals surface area contributed by atoms with Crippen molar-refractivity contribution in [3.63, 3.8) is 0 Å². The molecule has 14 heteroatoms. The highest BCUT2D eigenvalue weighted by Gasteiger charge is 2.48. The minimum absolute atomic E-state index is 0.00717. The number of hydrogen-bond acceptors (Lipinski definition) is 14. The molecule has 3 aromatic rings. The van der Waals surface area contributed by atoms with Crippen molar-refractivity contribution in [2.75, 3.05) is 6.61 Å². The van der Waals surface area contributed by atoms with Crippen molar-refractivity contribution >= 4 is 11.0 Å². The van der Waals surface area contributed by atoms with Gasteiger partial charge >= 0.3 is 0 Å². The van der Waals surface area contributed by atoms with Crippen LogP contribution >= 0.6 is 0 Å². The van der Waals surface area contributed by atoms with Gasteiger partial charge in [0.25, 0.3) is 0 Å². The zero-order chi connectivity index (χ0) is 29.7. The normalized spacial score (nSPS) is 34.1. The maximum atomic E-state index is 13.0. The second-order valence-corrected chi connectivity index (χ2v) is 10.1. The van der Waals surface area contributed by atoms with Crippen LogP contribution in [0.1, 0.15) is 18.6 Å². The van der Waals surface area contributed by atoms with Crippen LogP contribution in [0, 0.1) is 0 Å². The Morgan fingerprint density at radius 1 is 0.805 bits per heavy atom. The maximum absolute atomic E-state index is 13.0. The van der Waals surface area contributed by atoms with Gasteiger partial charge in [-0.3, -0.25) is 4.79 Å². The van der Waals surface area contributed by atoms with Gasteiger partial charge in [0, 0.05) is 17.7 Å². The van der Waals surface area contributed by atoms with Gasteiger partial charge < -0.3 is 64.6 Å². The summed E-state index contributed by atoms with van der Waals surface area (Å²) in [5.74, 6) is -1.38. The van der Waals surface area contributed by atoms with E-state index in [9.17, 15) is 50.8 Å². The number of aliphatic hydroxyl groups is 6. The molecular formula is C27H30O14. The molecule has 1 aromatic heterocycles. The minimum atomic E-state index is -1.88. The highest BCUT2D eigenvalue weighted by Crippen LogP contribution is 2.45. The monoisotopic (exact) mass is 578 g/mol. The Hall–Kier alpha value is -3.31. The average molecular weight is 579 g/mol. The van der Waals surface area contributed by atoms with E-state index in [2.05, 4.69) is 0 Å². The summed E-state index contributed by atoms with van der Waals surface area (Å²) in [7, 11) is 0. The number of phenols is 3. The number of rotatable bonds is 5. The van der Waals surface area contributed by atoms with Crippen molar-refractivity contribution < 1.29 is 64.6 Å². The fourth-order valence-electron chi connectivity index (χ4n) is 5.02. The van der Waals surface area contributed by atoms with Crippen LogP contribution in [0.25, 0.3) is 22.3 Å². The zero-order valence-electron chi connectivity index (χ0n) is 21.5. The van der Waals surface area contributed by atoms with E-state index in [4.69, 9.17) is 18.6 Å². The summed E-state index contributed by atoms with van der Waals surface area (Å²) in [6, 6.07) is 7.86. The fourth-order valence-corrected chi connectivity index (χ4v) is 5.02. The molecule has 2 saturated heterocycles. The molecule has 0 unspecified atom stereocenters. The molecule has 10 atom stereocenters. The molecular weight excluding hydrogens is 548 g/mol. The Morgan fingerprint density at radius 2 is 1.46 bits per heavy atom. The van der Waals surface area contributed by atoms with E-state index >= 15 is 0 Å². The summed E-state index contributed by atoms with van der Waals surface area (Å²) in [4.78, 5) is 13.0. The van der Waals surface area contributed by atoms with Crippen molar-refractivity contribution in [2.24, 2.45) is 0 Å². The first-order chi connectivity index (χ1) is 19.4. The highest BCUT2D eigenvalue weighted by atomic mass is 16.7. The zero-order valence-corrected chi connectivity index (χ0v) is 21.5. The smallest absolute Gasteiger partial charge is 0.197 e. The summed E-state index contributed by atoms with van der Waals surface area (Å²) in [5.41, 5.74) is -0.952. The Labute approximate surface area is 231 Å². The molecule has 0 spiro atoms. The van der Waals surface area contributed by atoms with Crippen LogP contribution in [0.5, 0.6) is 17.2 Å². The topological polar surface area (TPSA) is 240 Å². The van der Waals surface area contributed by atoms with Crippen molar-refractivity contribution in [1.29, 1.82) is 0 Å². The van der Waals surface area contributed by atoms with E-state index in [1.807, 2.05) is 0 Å². The Bertz CT molecular complexity index is 1460. The molecule has 222 valence electrons. The van der Waals surface area contributed by atoms with Gasteiger partial charge in [0.2, 0.25) is 0 Å². The number of ether oxygens (including phenoxy) is 3. The minimum Gasteiger partial charge on any atom is -0.508 e. The molecule has 0 amide bonds. The third-order valence-electron chi connectivity index (χ3n) is 7.39. The Morgan fingerprint density at radius 3 is 2.15 bits per heavy atom. The Balaban J connectivity index is 1.44. The molecule has 5 rings (SSSR count). The lowest BCUT2D eigenvalue weighted by molar-refractivity contribution is -0.308. The second-order valence-electron chi connectivity index (χ2n) is 10.1. The van der Waals surface area contributed by atoms with Gasteiger partial charge in [0.15, 0.2) is 11.7 Å². The number of phenolic OH excluding ortho intramolecular Hbond substituents is 3. The average Bonchev–Trinajstić information content (AvgIpc) is 2.93. The van der Waals surface area contributed by atoms with E-state index in [1.54, 1.807) is 0 Å². The first kappa shape index (κ1) is 29.2. The quantitative estimate of drug-likeness (QED) is 0.175. The van der Waals surface area contributed by atoms with Gasteiger partial charge in [-0.15, -0.1) is 0 Å². The van der Waals surface area contributed by atoms with Crippen LogP contribution in [-0.2, 0) is 14.2 Å². The van der Waals surface area contributed by atoms with Gasteiger partial charge in [-0.1, -0.05) is 0 Å². The molecule has 3 heterocycles. The molecule has 2 fully saturated rings. The largest absolute Gasteiger partial charge is 0.508 e. The van der Waals surface area contributed by atoms with Crippen molar-refractivity contribution in [3.8, 4) is 28.6 Å². The van der Waals surface area contributed by atoms with Crippen LogP contribution in [0.4, 0.5) is 0 Å². The predicted molar refractivity (Wildman–Crippen MR) is 137 cm³/mol. The van der Waals surface area contributed by atoms with E-state index < -0.39 is 90.3 Å². The number of aliphatic hydroxyl groups excluding tert-OH is 6. The SMILES string of the molecule is C[C@H]1O[C@H](OC[C@H]2O[C@@H](c3c(O)cc4oc(-c5ccc(O)cc5)cc(=O)c4c3O)[C@H](O)[C@@H](O)[C@@H]2O)[C@@H](O)[C@@H](O)[C@@H]1O. The van der Waals surface area contributed by atoms with Crippen LogP contribution < -0.4 is 5.43 Å². The number of benzene rings is 2. The van der Waals surface area contributed by atoms with Gasteiger partial charge in [-0.25, -0.2) is 0 Å². The van der Waals surface area contributed by atoms with Gasteiger partial charge in [0.05, 0.1) is 18.3 Å². The lowest BCUT2D eigenvalue weighted by Gasteiger charge is -2.43. The summed E-state index contributed by atoms with van der Waals surface area (Å²) in [5, 5.41) is 92.8. The second kappa shape index (κ2) is 11.2. The molecule has 9 N–H and O–H groups in total. The van der Waals surface area contributed by atoms with Crippen molar-refractivity contribution in [1.82, 2.24) is 0 Å². The number of fused-ring (bicyclic) bond motifs is 1. The van der Waals surface area contributed by atoms with Crippen LogP contribution in [0.15, 0.2) is 45.6 Å². The molecule has 14 nitrogen and oxygen atoms in total. The molecule has 0 saturated carbocycles. The summed E-state index contributed by atoms with van der Waals surface area (Å²) in [6.45, 7) is 0.875. The highest BCUT2D eigenvalue weighted by molar-refractivity contribution is 5.88. The van der Waals surface area contributed by atoms with E-state index in [0.29, 0.717) is 5.56 Å². The molecule has 0 radical (unpaired) electrons. The van der Waals surface area contributed by atoms with Gasteiger partial charge in [-0.05, 0) is 31.2 Å². The standard InChI is InChI=1S/C27H30O14/c1-9-19(31)22(34)25(37)27(39-9)38-8-16-20(32)23(35)24(36)26(41-16)18-13(30)7-15-17(21(18)33)12(29)6-14(40-15)10-2-4-11(28)5-3-10/h2-7,9,16,19-20,22-28,30-37H,8H2,1H3/t9-,16-,19-,20-,22+,23+,24-,25+,26+,27+/m1/s1. The molecule has 2 aliphatic heterocycles. The summed E-state index contributed by atoms with van der Waals surface area (Å²) < 4.78 is 22.2. The van der Waals surface area contributed by atoms with Crippen LogP contribution in [0.3, 0.4) is 0 Å². The van der Waals surface area contributed by atoms with E-state index in [0.717, 1.165) is 12.1 Å². The maximum Gasteiger partial charge on any atom is 0.197 e. The Kier molecular flexibility index (Phi) is 7.95. The molecule has 41 heavy (non-hydrogen) atoms. The summed E-state index contributed by atoms with van der Waals surface area (Å²) in [6.07, 6.45) is -15.6. The molecule has 2 aromatic carbocycles. The first-order valence-corrected chi connectivity index (χ1v) is 12.7. The first-order valence-electron chi connectivity index (χ1n) is 12.7. The summed E-state index contributed by atoms with van der Waals surface area (Å²) >= 11 is 0. The lowest BCUT2D eigenvalue weighted by Crippen LogP contribution is -2.59. The molecule has 0 aliphatic carbocycles. The van der Waals surface area contributed by atoms with Crippen molar-refractivity contribution in [3.05, 3.63) is 52.2 Å². The van der Waals surface area contributed by atoms with Gasteiger partial charge in [0.1, 0.15) is 82.8 Å². The molecule has 0 bridgehead atoms. The number of hydrogen-bond donors (Lipinski definition) is 9. The van der Waals surface area contributed by atoms with Crippen LogP contribution in [-0.4, -0.2) is 108 Å².